The Morgan fingerprint density at radius 3 is 1.52 bits per heavy atom. The molecule has 27 nitrogen and oxygen atoms in total. The Labute approximate surface area is 509 Å². The molecule has 15 aromatic rings. The molecule has 15 rings (SSSR count). The Morgan fingerprint density at radius 2 is 0.955 bits per heavy atom. The van der Waals surface area contributed by atoms with Gasteiger partial charge in [0.15, 0.2) is 34.1 Å². The van der Waals surface area contributed by atoms with E-state index in [0.29, 0.717) is 110 Å². The van der Waals surface area contributed by atoms with Gasteiger partial charge in [-0.3, -0.25) is 4.79 Å². The minimum absolute atomic E-state index is 0.233. The van der Waals surface area contributed by atoms with Crippen molar-refractivity contribution in [3.8, 4) is 35.0 Å². The van der Waals surface area contributed by atoms with Crippen molar-refractivity contribution in [2.75, 3.05) is 11.9 Å². The van der Waals surface area contributed by atoms with Gasteiger partial charge in [-0.25, -0.2) is 54.8 Å². The van der Waals surface area contributed by atoms with Crippen molar-refractivity contribution in [1.29, 1.82) is 0 Å². The van der Waals surface area contributed by atoms with Crippen LogP contribution in [0.15, 0.2) is 185 Å². The van der Waals surface area contributed by atoms with Crippen LogP contribution in [0.2, 0.25) is 5.02 Å². The molecule has 28 heteroatoms. The molecular weight excluding hydrogens is 1160 g/mol. The number of fused-ring (bicyclic) bond motifs is 6. The van der Waals surface area contributed by atoms with E-state index in [1.165, 1.54) is 48.7 Å². The first kappa shape index (κ1) is 58.6. The van der Waals surface area contributed by atoms with Crippen LogP contribution in [0, 0.1) is 5.92 Å². The maximum absolute atomic E-state index is 12.1. The Morgan fingerprint density at radius 1 is 0.483 bits per heavy atom. The van der Waals surface area contributed by atoms with E-state index in [1.807, 2.05) is 42.5 Å². The summed E-state index contributed by atoms with van der Waals surface area (Å²) in [5.41, 5.74) is 8.86. The lowest BCUT2D eigenvalue weighted by Gasteiger charge is -2.09. The standard InChI is InChI=1S/C16H12N4O.C12H8ClN5O.C12H10N4O2.C11H8N4O.C10H14N4O/c1-2-4-13-7-11(5-6-12(13)3-1)8-21-16-14-15(18-9-17-14)19-10-20-16;13-8-3-1-2-7(4-8)12(19)18-11-9-10(15-5-14-9)16-6-17-11;17-9-3-1-8(2-4-9)5-18-12-10-11(14-6-13-10)15-7-16-12;1-2-4-8(5-3-1)16-11-9-10(13-6-12-9)14-7-15-11;1-3-7(2)4-15-10-8-9(12-5-11-8)13-6-14-10/h1-7,9-10H,8H2,(H,17,18,19,20);1-6H,(H2,14,15,16,17,18,19);1-4,6-7,17H,5H2,(H,13,14,15,16);1-7H,(H,12,13,14,15);5-7H,3-4H2,1-2H3,(H,11,12,13,14). The Hall–Kier alpha value is -12.1. The molecule has 10 heterocycles. The van der Waals surface area contributed by atoms with Gasteiger partial charge in [-0.2, -0.15) is 19.9 Å². The molecule has 0 aliphatic carbocycles. The molecule has 0 saturated carbocycles. The van der Waals surface area contributed by atoms with Gasteiger partial charge in [-0.05, 0) is 76.3 Å². The highest BCUT2D eigenvalue weighted by atomic mass is 35.5. The van der Waals surface area contributed by atoms with Gasteiger partial charge in [0.05, 0.1) is 38.2 Å². The van der Waals surface area contributed by atoms with Crippen LogP contribution in [-0.2, 0) is 13.2 Å². The Kier molecular flexibility index (Phi) is 18.9. The summed E-state index contributed by atoms with van der Waals surface area (Å²) >= 11 is 5.85. The number of amides is 1. The van der Waals surface area contributed by atoms with Crippen molar-refractivity contribution in [3.05, 3.63) is 206 Å². The summed E-state index contributed by atoms with van der Waals surface area (Å²) in [6.07, 6.45) is 16.0. The zero-order chi connectivity index (χ0) is 61.2. The van der Waals surface area contributed by atoms with Crippen LogP contribution in [0.4, 0.5) is 5.82 Å². The van der Waals surface area contributed by atoms with Gasteiger partial charge in [-0.1, -0.05) is 105 Å². The van der Waals surface area contributed by atoms with Crippen LogP contribution < -0.4 is 24.3 Å². The molecule has 0 spiro atoms. The number of nitrogens with zero attached hydrogens (tertiary/aromatic N) is 15. The molecule has 1 amide bonds. The highest BCUT2D eigenvalue weighted by Gasteiger charge is 2.14. The average Bonchev–Trinajstić information content (AvgIpc) is 3.86. The smallest absolute Gasteiger partial charge is 0.256 e. The third kappa shape index (κ3) is 15.2. The van der Waals surface area contributed by atoms with Gasteiger partial charge < -0.3 is 54.3 Å². The van der Waals surface area contributed by atoms with Crippen molar-refractivity contribution < 1.29 is 28.8 Å². The van der Waals surface area contributed by atoms with E-state index in [2.05, 4.69) is 149 Å². The number of aromatic amines is 5. The highest BCUT2D eigenvalue weighted by molar-refractivity contribution is 6.31. The van der Waals surface area contributed by atoms with Crippen molar-refractivity contribution in [3.63, 3.8) is 0 Å². The fourth-order valence-electron chi connectivity index (χ4n) is 8.21. The monoisotopic (exact) mass is 1210 g/mol. The number of anilines is 1. The number of phenols is 1. The fourth-order valence-corrected chi connectivity index (χ4v) is 8.40. The molecule has 5 aromatic carbocycles. The highest BCUT2D eigenvalue weighted by Crippen LogP contribution is 2.26. The number of para-hydroxylation sites is 1. The van der Waals surface area contributed by atoms with Crippen LogP contribution in [0.1, 0.15) is 41.8 Å². The van der Waals surface area contributed by atoms with Crippen molar-refractivity contribution in [2.24, 2.45) is 5.92 Å². The van der Waals surface area contributed by atoms with Crippen molar-refractivity contribution in [2.45, 2.75) is 33.5 Å². The molecule has 89 heavy (non-hydrogen) atoms. The van der Waals surface area contributed by atoms with E-state index in [4.69, 9.17) is 30.5 Å². The number of carbonyl (C=O) groups is 1. The van der Waals surface area contributed by atoms with Crippen LogP contribution in [-0.4, -0.2) is 117 Å². The summed E-state index contributed by atoms with van der Waals surface area (Å²) in [5, 5.41) is 14.8. The molecule has 7 N–H and O–H groups in total. The number of hydrogen-bond donors (Lipinski definition) is 7. The van der Waals surface area contributed by atoms with Crippen LogP contribution in [0.3, 0.4) is 0 Å². The molecule has 0 aliphatic rings. The molecular formula is C61H52ClN21O6. The number of H-pyrrole nitrogens is 5. The second-order valence-corrected chi connectivity index (χ2v) is 19.5. The minimum Gasteiger partial charge on any atom is -0.508 e. The van der Waals surface area contributed by atoms with E-state index in [1.54, 1.807) is 73.8 Å². The maximum Gasteiger partial charge on any atom is 0.256 e. The maximum atomic E-state index is 12.1. The zero-order valence-corrected chi connectivity index (χ0v) is 48.1. The number of ether oxygens (including phenoxy) is 4. The third-order valence-corrected chi connectivity index (χ3v) is 13.2. The third-order valence-electron chi connectivity index (χ3n) is 13.0. The second-order valence-electron chi connectivity index (χ2n) is 19.1. The summed E-state index contributed by atoms with van der Waals surface area (Å²) in [7, 11) is 0. The summed E-state index contributed by atoms with van der Waals surface area (Å²) < 4.78 is 22.6. The summed E-state index contributed by atoms with van der Waals surface area (Å²) in [4.78, 5) is 87.4. The number of benzene rings is 5. The minimum atomic E-state index is -0.294. The fraction of sp³-hybridized carbons (Fsp3) is 0.115. The summed E-state index contributed by atoms with van der Waals surface area (Å²) in [6.45, 7) is 5.77. The number of imidazole rings is 5. The first-order chi connectivity index (χ1) is 43.7. The number of rotatable bonds is 14. The van der Waals surface area contributed by atoms with Gasteiger partial charge >= 0.3 is 0 Å². The van der Waals surface area contributed by atoms with Gasteiger partial charge in [0.2, 0.25) is 23.5 Å². The Balaban J connectivity index is 0.000000115. The molecule has 0 radical (unpaired) electrons. The lowest BCUT2D eigenvalue weighted by atomic mass is 10.1. The number of aromatic hydroxyl groups is 1. The lowest BCUT2D eigenvalue weighted by Crippen LogP contribution is -2.13. The number of phenolic OH excluding ortho intramolecular Hbond substituents is 1. The van der Waals surface area contributed by atoms with Crippen molar-refractivity contribution in [1.82, 2.24) is 99.7 Å². The molecule has 0 aliphatic heterocycles. The number of nitrogens with one attached hydrogen (secondary N) is 6. The number of halogens is 1. The quantitative estimate of drug-likeness (QED) is 0.0532. The summed E-state index contributed by atoms with van der Waals surface area (Å²) in [6, 6.07) is 37.5. The molecule has 0 bridgehead atoms. The predicted molar refractivity (Wildman–Crippen MR) is 330 cm³/mol. The average molecular weight is 1210 g/mol. The van der Waals surface area contributed by atoms with E-state index in [-0.39, 0.29) is 11.7 Å². The van der Waals surface area contributed by atoms with E-state index in [0.717, 1.165) is 34.3 Å². The number of carbonyl (C=O) groups excluding carboxylic acids is 1. The second kappa shape index (κ2) is 28.6. The first-order valence-corrected chi connectivity index (χ1v) is 27.7. The van der Waals surface area contributed by atoms with Gasteiger partial charge in [0.1, 0.15) is 83.9 Å². The molecule has 0 fully saturated rings. The normalized spacial score (nSPS) is 11.1. The first-order valence-electron chi connectivity index (χ1n) is 27.4. The van der Waals surface area contributed by atoms with Crippen LogP contribution >= 0.6 is 11.6 Å². The van der Waals surface area contributed by atoms with Crippen molar-refractivity contribution >= 4 is 89.9 Å². The molecule has 10 aromatic heterocycles. The summed E-state index contributed by atoms with van der Waals surface area (Å²) in [5.74, 6) is 3.62. The van der Waals surface area contributed by atoms with Crippen LogP contribution in [0.5, 0.6) is 35.0 Å². The Bertz CT molecular complexity index is 4750. The molecule has 1 atom stereocenters. The van der Waals surface area contributed by atoms with Gasteiger partial charge in [0, 0.05) is 10.6 Å². The van der Waals surface area contributed by atoms with Gasteiger partial charge in [-0.15, -0.1) is 0 Å². The van der Waals surface area contributed by atoms with E-state index >= 15 is 0 Å². The topological polar surface area (TPSA) is 359 Å². The SMILES string of the molecule is CCC(C)COc1ncnc2nc[nH]c12.O=C(Nc1ncnc2nc[nH]c12)c1cccc(Cl)c1.Oc1ccc(COc2ncnc3nc[nH]c23)cc1.c1ccc(Oc2ncnc3nc[nH]c23)cc1.c1ccc2cc(COc3ncnc4nc[nH]c34)ccc2c1. The molecule has 0 saturated heterocycles. The molecule has 1 unspecified atom stereocenters. The van der Waals surface area contributed by atoms with Crippen LogP contribution in [0.25, 0.3) is 66.6 Å². The molecule has 444 valence electrons. The number of aromatic nitrogens is 20. The largest absolute Gasteiger partial charge is 0.508 e. The number of hydrogen-bond acceptors (Lipinski definition) is 21. The lowest BCUT2D eigenvalue weighted by molar-refractivity contribution is 0.102. The van der Waals surface area contributed by atoms with Gasteiger partial charge in [0.25, 0.3) is 5.91 Å². The zero-order valence-electron chi connectivity index (χ0n) is 47.3. The van der Waals surface area contributed by atoms with E-state index < -0.39 is 0 Å². The predicted octanol–water partition coefficient (Wildman–Crippen LogP) is 10.9. The van der Waals surface area contributed by atoms with E-state index in [9.17, 15) is 9.90 Å².